The van der Waals surface area contributed by atoms with E-state index in [1.165, 1.54) is 42.7 Å². The van der Waals surface area contributed by atoms with Crippen molar-refractivity contribution < 1.29 is 38.0 Å². The maximum absolute atomic E-state index is 13.2. The fourth-order valence-corrected chi connectivity index (χ4v) is 4.34. The summed E-state index contributed by atoms with van der Waals surface area (Å²) < 4.78 is 32.2. The maximum Gasteiger partial charge on any atom is 0.255 e. The lowest BCUT2D eigenvalue weighted by Crippen LogP contribution is -2.14. The number of nitrogens with one attached hydrogen (secondary N) is 2. The molecule has 10 nitrogen and oxygen atoms in total. The lowest BCUT2D eigenvalue weighted by Gasteiger charge is -2.16. The molecule has 208 valence electrons. The zero-order chi connectivity index (χ0) is 28.8. The predicted molar refractivity (Wildman–Crippen MR) is 152 cm³/mol. The van der Waals surface area contributed by atoms with E-state index in [1.54, 1.807) is 48.5 Å². The molecule has 0 aromatic heterocycles. The van der Waals surface area contributed by atoms with Gasteiger partial charge in [0.15, 0.2) is 23.0 Å². The van der Waals surface area contributed by atoms with Crippen molar-refractivity contribution in [2.24, 2.45) is 0 Å². The Balaban J connectivity index is 1.66. The minimum atomic E-state index is -0.376. The van der Waals surface area contributed by atoms with Crippen LogP contribution < -0.4 is 39.1 Å². The summed E-state index contributed by atoms with van der Waals surface area (Å²) in [6, 6.07) is 17.2. The van der Waals surface area contributed by atoms with Crippen molar-refractivity contribution in [3.8, 4) is 34.5 Å². The number of hydrogen-bond donors (Lipinski definition) is 2. The number of anilines is 2. The van der Waals surface area contributed by atoms with Gasteiger partial charge in [-0.05, 0) is 36.4 Å². The highest BCUT2D eigenvalue weighted by Gasteiger charge is 2.20. The molecule has 2 amide bonds. The molecule has 0 aliphatic rings. The number of fused-ring (bicyclic) bond motifs is 1. The molecule has 0 unspecified atom stereocenters. The Morgan fingerprint density at radius 1 is 0.500 bits per heavy atom. The number of carbonyl (C=O) groups excluding carboxylic acids is 2. The van der Waals surface area contributed by atoms with Gasteiger partial charge in [0, 0.05) is 33.3 Å². The summed E-state index contributed by atoms with van der Waals surface area (Å²) in [6.07, 6.45) is 0. The molecule has 4 aromatic carbocycles. The topological polar surface area (TPSA) is 114 Å². The van der Waals surface area contributed by atoms with Crippen molar-refractivity contribution >= 4 is 34.0 Å². The minimum absolute atomic E-state index is 0.318. The van der Waals surface area contributed by atoms with Crippen LogP contribution in [0.1, 0.15) is 20.7 Å². The molecule has 0 saturated heterocycles. The van der Waals surface area contributed by atoms with Crippen molar-refractivity contribution in [2.75, 3.05) is 53.3 Å². The second kappa shape index (κ2) is 12.2. The quantitative estimate of drug-likeness (QED) is 0.272. The number of carbonyl (C=O) groups is 2. The van der Waals surface area contributed by atoms with Crippen LogP contribution in [-0.4, -0.2) is 54.5 Å². The molecule has 0 heterocycles. The molecule has 2 N–H and O–H groups in total. The second-order valence-electron chi connectivity index (χ2n) is 8.44. The summed E-state index contributed by atoms with van der Waals surface area (Å²) in [6.45, 7) is 0. The monoisotopic (exact) mass is 546 g/mol. The molecule has 0 fully saturated rings. The first-order chi connectivity index (χ1) is 19.4. The largest absolute Gasteiger partial charge is 0.493 e. The van der Waals surface area contributed by atoms with Gasteiger partial charge in [-0.15, -0.1) is 0 Å². The smallest absolute Gasteiger partial charge is 0.255 e. The van der Waals surface area contributed by atoms with Gasteiger partial charge in [-0.2, -0.15) is 0 Å². The van der Waals surface area contributed by atoms with Gasteiger partial charge in [0.2, 0.25) is 11.5 Å². The van der Waals surface area contributed by atoms with E-state index >= 15 is 0 Å². The second-order valence-corrected chi connectivity index (χ2v) is 8.44. The van der Waals surface area contributed by atoms with Crippen LogP contribution in [0.3, 0.4) is 0 Å². The van der Waals surface area contributed by atoms with Crippen molar-refractivity contribution in [3.05, 3.63) is 71.8 Å². The number of methoxy groups -OCH3 is 6. The fourth-order valence-electron chi connectivity index (χ4n) is 4.34. The number of amides is 2. The first-order valence-electron chi connectivity index (χ1n) is 12.1. The van der Waals surface area contributed by atoms with E-state index < -0.39 is 0 Å². The van der Waals surface area contributed by atoms with Gasteiger partial charge in [0.1, 0.15) is 0 Å². The SMILES string of the molecule is COc1cc(C(=O)Nc2cccc3c(NC(=O)c4cc(OC)c(OC)c(OC)c4)cccc23)cc(OC)c1OC. The summed E-state index contributed by atoms with van der Waals surface area (Å²) in [5.41, 5.74) is 1.75. The zero-order valence-corrected chi connectivity index (χ0v) is 23.0. The van der Waals surface area contributed by atoms with Crippen molar-refractivity contribution in [2.45, 2.75) is 0 Å². The molecule has 10 heteroatoms. The molecular formula is C30H30N2O8. The molecule has 0 atom stereocenters. The maximum atomic E-state index is 13.2. The molecule has 0 spiro atoms. The van der Waals surface area contributed by atoms with Crippen molar-refractivity contribution in [1.29, 1.82) is 0 Å². The Kier molecular flexibility index (Phi) is 8.48. The average molecular weight is 547 g/mol. The fraction of sp³-hybridized carbons (Fsp3) is 0.200. The summed E-state index contributed by atoms with van der Waals surface area (Å²) in [7, 11) is 8.92. The summed E-state index contributed by atoms with van der Waals surface area (Å²) in [5.74, 6) is 1.47. The number of rotatable bonds is 10. The van der Waals surface area contributed by atoms with E-state index in [0.717, 1.165) is 10.8 Å². The third-order valence-electron chi connectivity index (χ3n) is 6.27. The van der Waals surface area contributed by atoms with E-state index in [2.05, 4.69) is 10.6 Å². The Bertz CT molecular complexity index is 1400. The van der Waals surface area contributed by atoms with Crippen LogP contribution in [0, 0.1) is 0 Å². The van der Waals surface area contributed by atoms with Crippen LogP contribution in [0.25, 0.3) is 10.8 Å². The Hall–Kier alpha value is -5.12. The van der Waals surface area contributed by atoms with E-state index in [0.29, 0.717) is 57.0 Å². The summed E-state index contributed by atoms with van der Waals surface area (Å²) in [5, 5.41) is 7.35. The van der Waals surface area contributed by atoms with Gasteiger partial charge in [-0.25, -0.2) is 0 Å². The third kappa shape index (κ3) is 5.37. The van der Waals surface area contributed by atoms with Gasteiger partial charge in [-0.1, -0.05) is 24.3 Å². The van der Waals surface area contributed by atoms with Crippen LogP contribution in [0.4, 0.5) is 11.4 Å². The molecule has 40 heavy (non-hydrogen) atoms. The lowest BCUT2D eigenvalue weighted by atomic mass is 10.1. The average Bonchev–Trinajstić information content (AvgIpc) is 2.99. The highest BCUT2D eigenvalue weighted by atomic mass is 16.5. The highest BCUT2D eigenvalue weighted by Crippen LogP contribution is 2.40. The van der Waals surface area contributed by atoms with E-state index in [1.807, 2.05) is 12.1 Å². The third-order valence-corrected chi connectivity index (χ3v) is 6.27. The zero-order valence-electron chi connectivity index (χ0n) is 23.0. The van der Waals surface area contributed by atoms with Crippen molar-refractivity contribution in [1.82, 2.24) is 0 Å². The predicted octanol–water partition coefficient (Wildman–Crippen LogP) is 5.40. The molecule has 0 bridgehead atoms. The number of ether oxygens (including phenoxy) is 6. The van der Waals surface area contributed by atoms with Gasteiger partial charge in [-0.3, -0.25) is 9.59 Å². The molecule has 0 aliphatic heterocycles. The Morgan fingerprint density at radius 3 is 1.10 bits per heavy atom. The molecule has 0 saturated carbocycles. The van der Waals surface area contributed by atoms with Gasteiger partial charge in [0.25, 0.3) is 11.8 Å². The van der Waals surface area contributed by atoms with Gasteiger partial charge >= 0.3 is 0 Å². The number of hydrogen-bond acceptors (Lipinski definition) is 8. The molecule has 0 aliphatic carbocycles. The minimum Gasteiger partial charge on any atom is -0.493 e. The number of benzene rings is 4. The van der Waals surface area contributed by atoms with Crippen molar-refractivity contribution in [3.63, 3.8) is 0 Å². The standard InChI is InChI=1S/C30H30N2O8/c1-35-23-13-17(14-24(36-2)27(23)39-5)29(33)31-21-11-7-10-20-19(21)9-8-12-22(20)32-30(34)18-15-25(37-3)28(40-6)26(16-18)38-4/h7-16H,1-6H3,(H,31,33)(H,32,34). The highest BCUT2D eigenvalue weighted by molar-refractivity contribution is 6.14. The van der Waals surface area contributed by atoms with Crippen LogP contribution in [0.15, 0.2) is 60.7 Å². The van der Waals surface area contributed by atoms with Gasteiger partial charge < -0.3 is 39.1 Å². The van der Waals surface area contributed by atoms with Crippen LogP contribution >= 0.6 is 0 Å². The van der Waals surface area contributed by atoms with Gasteiger partial charge in [0.05, 0.1) is 42.7 Å². The van der Waals surface area contributed by atoms with Crippen LogP contribution in [-0.2, 0) is 0 Å². The summed E-state index contributed by atoms with van der Waals surface area (Å²) >= 11 is 0. The van der Waals surface area contributed by atoms with E-state index in [4.69, 9.17) is 28.4 Å². The van der Waals surface area contributed by atoms with Crippen LogP contribution in [0.5, 0.6) is 34.5 Å². The van der Waals surface area contributed by atoms with E-state index in [9.17, 15) is 9.59 Å². The first-order valence-corrected chi connectivity index (χ1v) is 12.1. The molecule has 0 radical (unpaired) electrons. The first kappa shape index (κ1) is 27.9. The normalized spacial score (nSPS) is 10.4. The lowest BCUT2D eigenvalue weighted by molar-refractivity contribution is 0.101. The van der Waals surface area contributed by atoms with E-state index in [-0.39, 0.29) is 11.8 Å². The molecule has 4 rings (SSSR count). The molecule has 4 aromatic rings. The molecular weight excluding hydrogens is 516 g/mol. The Morgan fingerprint density at radius 2 is 0.825 bits per heavy atom. The Labute approximate surface area is 231 Å². The van der Waals surface area contributed by atoms with Crippen LogP contribution in [0.2, 0.25) is 0 Å². The summed E-state index contributed by atoms with van der Waals surface area (Å²) in [4.78, 5) is 26.5.